The third-order valence-electron chi connectivity index (χ3n) is 2.43. The number of hydrogen-bond acceptors (Lipinski definition) is 4. The van der Waals surface area contributed by atoms with Crippen LogP contribution in [-0.4, -0.2) is 29.2 Å². The van der Waals surface area contributed by atoms with Crippen molar-refractivity contribution in [3.63, 3.8) is 0 Å². The topological polar surface area (TPSA) is 38.7 Å². The molecule has 1 heterocycles. The molecule has 1 aromatic carbocycles. The molecule has 0 aromatic heterocycles. The molecule has 96 valence electrons. The van der Waals surface area contributed by atoms with Crippen LogP contribution in [0.4, 0.5) is 0 Å². The highest BCUT2D eigenvalue weighted by atomic mass is 35.5. The van der Waals surface area contributed by atoms with E-state index in [1.54, 1.807) is 23.9 Å². The first kappa shape index (κ1) is 13.4. The van der Waals surface area contributed by atoms with Crippen molar-refractivity contribution in [3.05, 3.63) is 29.8 Å². The minimum absolute atomic E-state index is 0.240. The predicted molar refractivity (Wildman–Crippen MR) is 75.9 cm³/mol. The quantitative estimate of drug-likeness (QED) is 0.473. The summed E-state index contributed by atoms with van der Waals surface area (Å²) in [5, 5.41) is 1.06. The number of halogens is 1. The molecule has 0 amide bonds. The summed E-state index contributed by atoms with van der Waals surface area (Å²) >= 11 is 7.27. The molecule has 0 N–H and O–H groups in total. The van der Waals surface area contributed by atoms with Crippen molar-refractivity contribution >= 4 is 34.4 Å². The fourth-order valence-corrected chi connectivity index (χ4v) is 2.56. The second-order valence-corrected chi connectivity index (χ2v) is 5.29. The van der Waals surface area contributed by atoms with Crippen LogP contribution in [0.2, 0.25) is 0 Å². The van der Waals surface area contributed by atoms with E-state index < -0.39 is 0 Å². The van der Waals surface area contributed by atoms with E-state index >= 15 is 0 Å². The van der Waals surface area contributed by atoms with Gasteiger partial charge in [0.05, 0.1) is 5.04 Å². The maximum atomic E-state index is 11.4. The maximum Gasteiger partial charge on any atom is 0.311 e. The van der Waals surface area contributed by atoms with Gasteiger partial charge in [-0.05, 0) is 30.7 Å². The lowest BCUT2D eigenvalue weighted by Crippen LogP contribution is -2.07. The van der Waals surface area contributed by atoms with Crippen LogP contribution in [0.3, 0.4) is 0 Å². The summed E-state index contributed by atoms with van der Waals surface area (Å²) in [7, 11) is 0. The second-order valence-electron chi connectivity index (χ2n) is 3.83. The first-order valence-corrected chi connectivity index (χ1v) is 7.36. The van der Waals surface area contributed by atoms with Crippen LogP contribution in [0, 0.1) is 0 Å². The van der Waals surface area contributed by atoms with Gasteiger partial charge >= 0.3 is 5.97 Å². The molecule has 0 aliphatic carbocycles. The van der Waals surface area contributed by atoms with E-state index in [4.69, 9.17) is 16.3 Å². The molecular weight excluding hydrogens is 270 g/mol. The monoisotopic (exact) mass is 283 g/mol. The third-order valence-corrected chi connectivity index (χ3v) is 3.73. The predicted octanol–water partition coefficient (Wildman–Crippen LogP) is 3.10. The zero-order valence-corrected chi connectivity index (χ0v) is 11.5. The number of benzene rings is 1. The van der Waals surface area contributed by atoms with E-state index in [0.717, 1.165) is 22.9 Å². The summed E-state index contributed by atoms with van der Waals surface area (Å²) in [4.78, 5) is 15.8. The fraction of sp³-hybridized carbons (Fsp3) is 0.385. The molecule has 0 saturated carbocycles. The summed E-state index contributed by atoms with van der Waals surface area (Å²) in [6, 6.07) is 7.47. The van der Waals surface area contributed by atoms with Gasteiger partial charge in [-0.2, -0.15) is 0 Å². The number of nitrogens with zero attached hydrogens (tertiary/aromatic N) is 1. The van der Waals surface area contributed by atoms with E-state index in [-0.39, 0.29) is 5.97 Å². The Morgan fingerprint density at radius 1 is 1.39 bits per heavy atom. The standard InChI is InChI=1S/C13H14ClNO2S/c14-7-1-2-12(16)17-11-5-3-10(4-6-11)13-15-8-9-18-13/h3-6H,1-2,7-9H2. The Morgan fingerprint density at radius 3 is 2.78 bits per heavy atom. The Balaban J connectivity index is 1.93. The SMILES string of the molecule is O=C(CCCCl)Oc1ccc(C2=NCCS2)cc1. The second kappa shape index (κ2) is 6.81. The van der Waals surface area contributed by atoms with Gasteiger partial charge in [-0.15, -0.1) is 23.4 Å². The summed E-state index contributed by atoms with van der Waals surface area (Å²) in [5.41, 5.74) is 1.08. The lowest BCUT2D eigenvalue weighted by Gasteiger charge is -2.05. The van der Waals surface area contributed by atoms with E-state index in [0.29, 0.717) is 24.5 Å². The molecule has 1 aromatic rings. The van der Waals surface area contributed by atoms with Gasteiger partial charge in [0.15, 0.2) is 0 Å². The number of ether oxygens (including phenoxy) is 1. The van der Waals surface area contributed by atoms with Crippen LogP contribution < -0.4 is 4.74 Å². The number of thioether (sulfide) groups is 1. The molecule has 0 unspecified atom stereocenters. The lowest BCUT2D eigenvalue weighted by atomic mass is 10.2. The average Bonchev–Trinajstić information content (AvgIpc) is 2.91. The van der Waals surface area contributed by atoms with Crippen LogP contribution in [0.1, 0.15) is 18.4 Å². The van der Waals surface area contributed by atoms with Crippen LogP contribution in [0.5, 0.6) is 5.75 Å². The van der Waals surface area contributed by atoms with E-state index in [1.165, 1.54) is 0 Å². The number of rotatable bonds is 5. The van der Waals surface area contributed by atoms with Crippen molar-refractivity contribution in [2.75, 3.05) is 18.2 Å². The number of carbonyl (C=O) groups excluding carboxylic acids is 1. The smallest absolute Gasteiger partial charge is 0.311 e. The highest BCUT2D eigenvalue weighted by molar-refractivity contribution is 8.14. The molecule has 0 radical (unpaired) electrons. The lowest BCUT2D eigenvalue weighted by molar-refractivity contribution is -0.134. The molecule has 5 heteroatoms. The van der Waals surface area contributed by atoms with Gasteiger partial charge in [0.1, 0.15) is 5.75 Å². The molecule has 1 aliphatic rings. The number of alkyl halides is 1. The van der Waals surface area contributed by atoms with Crippen LogP contribution in [-0.2, 0) is 4.79 Å². The molecule has 0 bridgehead atoms. The summed E-state index contributed by atoms with van der Waals surface area (Å²) in [6.45, 7) is 0.884. The fourth-order valence-electron chi connectivity index (χ4n) is 1.57. The number of hydrogen-bond donors (Lipinski definition) is 0. The van der Waals surface area contributed by atoms with Crippen molar-refractivity contribution in [3.8, 4) is 5.75 Å². The van der Waals surface area contributed by atoms with Gasteiger partial charge in [0.2, 0.25) is 0 Å². The van der Waals surface area contributed by atoms with Gasteiger partial charge in [-0.3, -0.25) is 9.79 Å². The Hall–Kier alpha value is -1.00. The normalized spacial score (nSPS) is 14.4. The molecule has 0 spiro atoms. The number of carbonyl (C=O) groups is 1. The Morgan fingerprint density at radius 2 is 2.17 bits per heavy atom. The minimum atomic E-state index is -0.240. The maximum absolute atomic E-state index is 11.4. The number of aliphatic imine (C=N–C) groups is 1. The first-order chi connectivity index (χ1) is 8.79. The molecular formula is C13H14ClNO2S. The molecule has 0 saturated heterocycles. The largest absolute Gasteiger partial charge is 0.427 e. The van der Waals surface area contributed by atoms with Crippen LogP contribution in [0.15, 0.2) is 29.3 Å². The molecule has 0 fully saturated rings. The van der Waals surface area contributed by atoms with Gasteiger partial charge in [-0.1, -0.05) is 0 Å². The minimum Gasteiger partial charge on any atom is -0.427 e. The van der Waals surface area contributed by atoms with Crippen molar-refractivity contribution in [1.82, 2.24) is 0 Å². The first-order valence-electron chi connectivity index (χ1n) is 5.84. The van der Waals surface area contributed by atoms with Gasteiger partial charge in [-0.25, -0.2) is 0 Å². The summed E-state index contributed by atoms with van der Waals surface area (Å²) in [5.74, 6) is 1.85. The third kappa shape index (κ3) is 3.75. The van der Waals surface area contributed by atoms with Gasteiger partial charge in [0.25, 0.3) is 0 Å². The van der Waals surface area contributed by atoms with Crippen molar-refractivity contribution < 1.29 is 9.53 Å². The Labute approximate surface area is 116 Å². The van der Waals surface area contributed by atoms with E-state index in [9.17, 15) is 4.79 Å². The van der Waals surface area contributed by atoms with Crippen molar-refractivity contribution in [1.29, 1.82) is 0 Å². The van der Waals surface area contributed by atoms with Gasteiger partial charge < -0.3 is 4.74 Å². The van der Waals surface area contributed by atoms with Crippen LogP contribution in [0.25, 0.3) is 0 Å². The number of esters is 1. The van der Waals surface area contributed by atoms with E-state index in [2.05, 4.69) is 4.99 Å². The average molecular weight is 284 g/mol. The van der Waals surface area contributed by atoms with E-state index in [1.807, 2.05) is 12.1 Å². The molecule has 0 atom stereocenters. The Bertz CT molecular complexity index is 445. The van der Waals surface area contributed by atoms with Crippen molar-refractivity contribution in [2.24, 2.45) is 4.99 Å². The zero-order chi connectivity index (χ0) is 12.8. The molecule has 18 heavy (non-hydrogen) atoms. The Kier molecular flexibility index (Phi) is 5.08. The van der Waals surface area contributed by atoms with Crippen LogP contribution >= 0.6 is 23.4 Å². The van der Waals surface area contributed by atoms with Crippen molar-refractivity contribution in [2.45, 2.75) is 12.8 Å². The summed E-state index contributed by atoms with van der Waals surface area (Å²) in [6.07, 6.45) is 1.000. The van der Waals surface area contributed by atoms with Gasteiger partial charge in [0, 0.05) is 30.2 Å². The highest BCUT2D eigenvalue weighted by Crippen LogP contribution is 2.21. The molecule has 1 aliphatic heterocycles. The molecule has 2 rings (SSSR count). The summed E-state index contributed by atoms with van der Waals surface area (Å²) < 4.78 is 5.19. The highest BCUT2D eigenvalue weighted by Gasteiger charge is 2.10. The molecule has 3 nitrogen and oxygen atoms in total. The zero-order valence-electron chi connectivity index (χ0n) is 9.89.